The third-order valence-electron chi connectivity index (χ3n) is 2.56. The molecule has 1 fully saturated rings. The van der Waals surface area contributed by atoms with Crippen LogP contribution in [0.15, 0.2) is 12.7 Å². The van der Waals surface area contributed by atoms with Crippen molar-refractivity contribution < 1.29 is 14.3 Å². The van der Waals surface area contributed by atoms with Gasteiger partial charge in [0, 0.05) is 17.9 Å². The molecule has 1 rings (SSSR count). The molecule has 80 valence electrons. The first-order chi connectivity index (χ1) is 6.41. The second kappa shape index (κ2) is 3.73. The molecule has 3 heteroatoms. The van der Waals surface area contributed by atoms with E-state index in [1.165, 1.54) is 6.08 Å². The Morgan fingerprint density at radius 3 is 2.57 bits per heavy atom. The summed E-state index contributed by atoms with van der Waals surface area (Å²) >= 11 is 0. The molecule has 0 saturated carbocycles. The van der Waals surface area contributed by atoms with E-state index in [-0.39, 0.29) is 5.41 Å². The first-order valence-electron chi connectivity index (χ1n) is 4.91. The lowest BCUT2D eigenvalue weighted by Crippen LogP contribution is -2.46. The first-order valence-corrected chi connectivity index (χ1v) is 4.91. The van der Waals surface area contributed by atoms with Crippen LogP contribution in [0.2, 0.25) is 0 Å². The van der Waals surface area contributed by atoms with Crippen LogP contribution in [-0.4, -0.2) is 18.4 Å². The normalized spacial score (nSPS) is 27.4. The van der Waals surface area contributed by atoms with Crippen LogP contribution in [0.1, 0.15) is 33.6 Å². The fourth-order valence-electron chi connectivity index (χ4n) is 1.64. The third-order valence-corrected chi connectivity index (χ3v) is 2.56. The van der Waals surface area contributed by atoms with Gasteiger partial charge in [-0.1, -0.05) is 27.4 Å². The summed E-state index contributed by atoms with van der Waals surface area (Å²) < 4.78 is 10.9. The average Bonchev–Trinajstić information content (AvgIpc) is 2.52. The van der Waals surface area contributed by atoms with Crippen LogP contribution in [0.5, 0.6) is 0 Å². The van der Waals surface area contributed by atoms with Gasteiger partial charge in [0.25, 0.3) is 0 Å². The maximum absolute atomic E-state index is 11.2. The molecule has 0 aromatic rings. The summed E-state index contributed by atoms with van der Waals surface area (Å²) in [7, 11) is 0. The van der Waals surface area contributed by atoms with Crippen molar-refractivity contribution in [3.8, 4) is 0 Å². The topological polar surface area (TPSA) is 35.5 Å². The maximum atomic E-state index is 11.2. The standard InChI is InChI=1S/C11H18O3/c1-5-9(12)14-11(10(2,3)4)7-6-8-13-11/h5H,1,6-8H2,2-4H3. The van der Waals surface area contributed by atoms with Gasteiger partial charge in [-0.2, -0.15) is 0 Å². The summed E-state index contributed by atoms with van der Waals surface area (Å²) in [6.07, 6.45) is 2.87. The Morgan fingerprint density at radius 2 is 2.21 bits per heavy atom. The zero-order valence-electron chi connectivity index (χ0n) is 9.13. The number of hydrogen-bond donors (Lipinski definition) is 0. The number of ether oxygens (including phenoxy) is 2. The molecule has 0 spiro atoms. The van der Waals surface area contributed by atoms with Gasteiger partial charge in [-0.05, 0) is 6.42 Å². The highest BCUT2D eigenvalue weighted by Crippen LogP contribution is 2.42. The third kappa shape index (κ3) is 1.98. The molecule has 1 atom stereocenters. The van der Waals surface area contributed by atoms with Gasteiger partial charge in [0.2, 0.25) is 5.79 Å². The molecule has 3 nitrogen and oxygen atoms in total. The number of carbonyl (C=O) groups is 1. The summed E-state index contributed by atoms with van der Waals surface area (Å²) in [5.74, 6) is -1.18. The molecule has 1 aliphatic heterocycles. The molecule has 1 heterocycles. The average molecular weight is 198 g/mol. The van der Waals surface area contributed by atoms with E-state index in [1.54, 1.807) is 0 Å². The van der Waals surface area contributed by atoms with Crippen LogP contribution in [0.25, 0.3) is 0 Å². The van der Waals surface area contributed by atoms with E-state index in [1.807, 2.05) is 20.8 Å². The van der Waals surface area contributed by atoms with Crippen LogP contribution < -0.4 is 0 Å². The van der Waals surface area contributed by atoms with Gasteiger partial charge in [-0.15, -0.1) is 0 Å². The highest BCUT2D eigenvalue weighted by molar-refractivity contribution is 5.81. The van der Waals surface area contributed by atoms with Crippen LogP contribution in [-0.2, 0) is 14.3 Å². The van der Waals surface area contributed by atoms with Crippen LogP contribution >= 0.6 is 0 Å². The van der Waals surface area contributed by atoms with Crippen molar-refractivity contribution in [3.05, 3.63) is 12.7 Å². The van der Waals surface area contributed by atoms with E-state index in [9.17, 15) is 4.79 Å². The lowest BCUT2D eigenvalue weighted by Gasteiger charge is -2.39. The number of rotatable bonds is 2. The first kappa shape index (κ1) is 11.2. The van der Waals surface area contributed by atoms with Crippen molar-refractivity contribution in [1.29, 1.82) is 0 Å². The minimum Gasteiger partial charge on any atom is -0.429 e. The Kier molecular flexibility index (Phi) is 3.00. The van der Waals surface area contributed by atoms with Crippen molar-refractivity contribution in [2.45, 2.75) is 39.4 Å². The highest BCUT2D eigenvalue weighted by atomic mass is 16.7. The molecule has 14 heavy (non-hydrogen) atoms. The van der Waals surface area contributed by atoms with Crippen molar-refractivity contribution in [3.63, 3.8) is 0 Å². The Labute approximate surface area is 85.1 Å². The molecule has 0 bridgehead atoms. The summed E-state index contributed by atoms with van der Waals surface area (Å²) in [5.41, 5.74) is -0.206. The second-order valence-corrected chi connectivity index (χ2v) is 4.58. The Morgan fingerprint density at radius 1 is 1.57 bits per heavy atom. The van der Waals surface area contributed by atoms with E-state index >= 15 is 0 Å². The minimum absolute atomic E-state index is 0.206. The molecule has 0 N–H and O–H groups in total. The zero-order valence-corrected chi connectivity index (χ0v) is 9.13. The molecule has 1 unspecified atom stereocenters. The van der Waals surface area contributed by atoms with Crippen molar-refractivity contribution in [1.82, 2.24) is 0 Å². The van der Waals surface area contributed by atoms with Gasteiger partial charge < -0.3 is 9.47 Å². The lowest BCUT2D eigenvalue weighted by atomic mass is 9.83. The summed E-state index contributed by atoms with van der Waals surface area (Å²) in [6.45, 7) is 10.1. The fraction of sp³-hybridized carbons (Fsp3) is 0.727. The number of carbonyl (C=O) groups excluding carboxylic acids is 1. The molecule has 0 aliphatic carbocycles. The molecular formula is C11H18O3. The molecule has 0 amide bonds. The smallest absolute Gasteiger partial charge is 0.332 e. The minimum atomic E-state index is -0.766. The number of hydrogen-bond acceptors (Lipinski definition) is 3. The van der Waals surface area contributed by atoms with Crippen LogP contribution in [0, 0.1) is 5.41 Å². The van der Waals surface area contributed by atoms with Crippen molar-refractivity contribution in [2.75, 3.05) is 6.61 Å². The van der Waals surface area contributed by atoms with E-state index < -0.39 is 11.8 Å². The van der Waals surface area contributed by atoms with Gasteiger partial charge in [0.15, 0.2) is 0 Å². The van der Waals surface area contributed by atoms with Gasteiger partial charge in [0.05, 0.1) is 6.61 Å². The predicted molar refractivity (Wildman–Crippen MR) is 53.7 cm³/mol. The monoisotopic (exact) mass is 198 g/mol. The summed E-state index contributed by atoms with van der Waals surface area (Å²) in [4.78, 5) is 11.2. The Hall–Kier alpha value is -0.830. The number of esters is 1. The predicted octanol–water partition coefficient (Wildman–Crippen LogP) is 2.27. The fourth-order valence-corrected chi connectivity index (χ4v) is 1.64. The largest absolute Gasteiger partial charge is 0.429 e. The second-order valence-electron chi connectivity index (χ2n) is 4.58. The maximum Gasteiger partial charge on any atom is 0.332 e. The van der Waals surface area contributed by atoms with Gasteiger partial charge in [-0.3, -0.25) is 0 Å². The molecular weight excluding hydrogens is 180 g/mol. The van der Waals surface area contributed by atoms with E-state index in [2.05, 4.69) is 6.58 Å². The zero-order chi connectivity index (χ0) is 10.8. The van der Waals surface area contributed by atoms with E-state index in [4.69, 9.17) is 9.47 Å². The molecule has 0 aromatic heterocycles. The molecule has 0 aromatic carbocycles. The van der Waals surface area contributed by atoms with Crippen LogP contribution in [0.3, 0.4) is 0 Å². The Bertz CT molecular complexity index is 231. The van der Waals surface area contributed by atoms with E-state index in [0.29, 0.717) is 6.61 Å². The van der Waals surface area contributed by atoms with Gasteiger partial charge in [-0.25, -0.2) is 4.79 Å². The van der Waals surface area contributed by atoms with Crippen LogP contribution in [0.4, 0.5) is 0 Å². The highest BCUT2D eigenvalue weighted by Gasteiger charge is 2.49. The van der Waals surface area contributed by atoms with Gasteiger partial charge in [0.1, 0.15) is 0 Å². The summed E-state index contributed by atoms with van der Waals surface area (Å²) in [6, 6.07) is 0. The van der Waals surface area contributed by atoms with Gasteiger partial charge >= 0.3 is 5.97 Å². The molecule has 1 saturated heterocycles. The molecule has 1 aliphatic rings. The quantitative estimate of drug-likeness (QED) is 0.504. The Balaban J connectivity index is 2.82. The van der Waals surface area contributed by atoms with Crippen molar-refractivity contribution >= 4 is 5.97 Å². The SMILES string of the molecule is C=CC(=O)OC1(C(C)(C)C)CCCO1. The van der Waals surface area contributed by atoms with Crippen molar-refractivity contribution in [2.24, 2.45) is 5.41 Å². The molecule has 0 radical (unpaired) electrons. The van der Waals surface area contributed by atoms with E-state index in [0.717, 1.165) is 12.8 Å². The summed E-state index contributed by atoms with van der Waals surface area (Å²) in [5, 5.41) is 0. The lowest BCUT2D eigenvalue weighted by molar-refractivity contribution is -0.250.